The Kier molecular flexibility index (Phi) is 4.37. The standard InChI is InChI=1S/C19H21NO/c1-2-12-21-17-10-8-15(9-11-17)14-20-19-13-18(19)16-6-4-3-5-7-16/h2-11,18-20H,1,12-14H2. The van der Waals surface area contributed by atoms with Crippen molar-refractivity contribution in [2.75, 3.05) is 6.61 Å². The van der Waals surface area contributed by atoms with Crippen molar-refractivity contribution in [3.8, 4) is 5.75 Å². The van der Waals surface area contributed by atoms with Crippen molar-refractivity contribution >= 4 is 0 Å². The number of hydrogen-bond donors (Lipinski definition) is 1. The molecular formula is C19H21NO. The van der Waals surface area contributed by atoms with Gasteiger partial charge in [0.1, 0.15) is 12.4 Å². The van der Waals surface area contributed by atoms with Crippen molar-refractivity contribution in [1.29, 1.82) is 0 Å². The highest BCUT2D eigenvalue weighted by atomic mass is 16.5. The van der Waals surface area contributed by atoms with Crippen LogP contribution >= 0.6 is 0 Å². The Labute approximate surface area is 126 Å². The van der Waals surface area contributed by atoms with Crippen LogP contribution in [0.5, 0.6) is 5.75 Å². The first-order chi connectivity index (χ1) is 10.4. The first-order valence-electron chi connectivity index (χ1n) is 7.48. The molecule has 2 aromatic rings. The van der Waals surface area contributed by atoms with Gasteiger partial charge in [-0.2, -0.15) is 0 Å². The molecule has 1 fully saturated rings. The third kappa shape index (κ3) is 3.73. The van der Waals surface area contributed by atoms with Gasteiger partial charge in [-0.3, -0.25) is 0 Å². The summed E-state index contributed by atoms with van der Waals surface area (Å²) in [5, 5.41) is 3.63. The molecule has 0 bridgehead atoms. The number of ether oxygens (including phenoxy) is 1. The molecule has 2 atom stereocenters. The molecule has 2 nitrogen and oxygen atoms in total. The zero-order valence-corrected chi connectivity index (χ0v) is 12.2. The largest absolute Gasteiger partial charge is 0.490 e. The number of benzene rings is 2. The Balaban J connectivity index is 1.47. The molecule has 1 saturated carbocycles. The van der Waals surface area contributed by atoms with E-state index < -0.39 is 0 Å². The lowest BCUT2D eigenvalue weighted by molar-refractivity contribution is 0.363. The second-order valence-corrected chi connectivity index (χ2v) is 5.48. The van der Waals surface area contributed by atoms with Gasteiger partial charge in [-0.25, -0.2) is 0 Å². The molecule has 108 valence electrons. The summed E-state index contributed by atoms with van der Waals surface area (Å²) in [5.74, 6) is 1.58. The summed E-state index contributed by atoms with van der Waals surface area (Å²) < 4.78 is 5.48. The van der Waals surface area contributed by atoms with Crippen molar-refractivity contribution in [1.82, 2.24) is 5.32 Å². The zero-order chi connectivity index (χ0) is 14.5. The summed E-state index contributed by atoms with van der Waals surface area (Å²) in [6.45, 7) is 5.11. The van der Waals surface area contributed by atoms with Crippen molar-refractivity contribution in [2.45, 2.75) is 24.9 Å². The average molecular weight is 279 g/mol. The van der Waals surface area contributed by atoms with Crippen LogP contribution < -0.4 is 10.1 Å². The smallest absolute Gasteiger partial charge is 0.119 e. The molecule has 1 aliphatic carbocycles. The van der Waals surface area contributed by atoms with Gasteiger partial charge in [0.25, 0.3) is 0 Å². The van der Waals surface area contributed by atoms with Crippen LogP contribution in [0.25, 0.3) is 0 Å². The quantitative estimate of drug-likeness (QED) is 0.776. The van der Waals surface area contributed by atoms with E-state index in [9.17, 15) is 0 Å². The molecule has 0 heterocycles. The molecule has 1 N–H and O–H groups in total. The van der Waals surface area contributed by atoms with E-state index in [2.05, 4.69) is 54.4 Å². The third-order valence-electron chi connectivity index (χ3n) is 3.88. The van der Waals surface area contributed by atoms with Crippen LogP contribution in [0.3, 0.4) is 0 Å². The van der Waals surface area contributed by atoms with Crippen LogP contribution in [0.1, 0.15) is 23.5 Å². The van der Waals surface area contributed by atoms with E-state index in [0.29, 0.717) is 18.6 Å². The van der Waals surface area contributed by atoms with Gasteiger partial charge in [0, 0.05) is 18.5 Å². The monoisotopic (exact) mass is 279 g/mol. The van der Waals surface area contributed by atoms with E-state index >= 15 is 0 Å². The number of rotatable bonds is 7. The van der Waals surface area contributed by atoms with Crippen molar-refractivity contribution < 1.29 is 4.74 Å². The molecule has 0 radical (unpaired) electrons. The Morgan fingerprint density at radius 2 is 1.86 bits per heavy atom. The maximum Gasteiger partial charge on any atom is 0.119 e. The highest BCUT2D eigenvalue weighted by Crippen LogP contribution is 2.40. The number of hydrogen-bond acceptors (Lipinski definition) is 2. The summed E-state index contributed by atoms with van der Waals surface area (Å²) in [6.07, 6.45) is 3.00. The molecular weight excluding hydrogens is 258 g/mol. The Hall–Kier alpha value is -2.06. The molecule has 21 heavy (non-hydrogen) atoms. The lowest BCUT2D eigenvalue weighted by Gasteiger charge is -2.07. The summed E-state index contributed by atoms with van der Waals surface area (Å²) in [6, 6.07) is 19.6. The molecule has 3 rings (SSSR count). The lowest BCUT2D eigenvalue weighted by atomic mass is 10.1. The van der Waals surface area contributed by atoms with E-state index in [4.69, 9.17) is 4.74 Å². The summed E-state index contributed by atoms with van der Waals surface area (Å²) in [4.78, 5) is 0. The summed E-state index contributed by atoms with van der Waals surface area (Å²) in [7, 11) is 0. The molecule has 0 spiro atoms. The van der Waals surface area contributed by atoms with Crippen LogP contribution in [0.4, 0.5) is 0 Å². The van der Waals surface area contributed by atoms with E-state index in [1.165, 1.54) is 17.5 Å². The minimum absolute atomic E-state index is 0.554. The fourth-order valence-corrected chi connectivity index (χ4v) is 2.60. The Morgan fingerprint density at radius 1 is 1.10 bits per heavy atom. The zero-order valence-electron chi connectivity index (χ0n) is 12.2. The molecule has 0 amide bonds. The van der Waals surface area contributed by atoms with E-state index in [-0.39, 0.29) is 0 Å². The Bertz CT molecular complexity index is 576. The predicted octanol–water partition coefficient (Wildman–Crippen LogP) is 3.90. The SMILES string of the molecule is C=CCOc1ccc(CNC2CC2c2ccccc2)cc1. The summed E-state index contributed by atoms with van der Waals surface area (Å²) >= 11 is 0. The van der Waals surface area contributed by atoms with Crippen LogP contribution in [0.15, 0.2) is 67.3 Å². The van der Waals surface area contributed by atoms with Crippen molar-refractivity contribution in [3.63, 3.8) is 0 Å². The van der Waals surface area contributed by atoms with Crippen LogP contribution in [-0.4, -0.2) is 12.6 Å². The van der Waals surface area contributed by atoms with Gasteiger partial charge < -0.3 is 10.1 Å². The first kappa shape index (κ1) is 13.9. The fourth-order valence-electron chi connectivity index (χ4n) is 2.60. The van der Waals surface area contributed by atoms with Crippen molar-refractivity contribution in [2.24, 2.45) is 0 Å². The lowest BCUT2D eigenvalue weighted by Crippen LogP contribution is -2.17. The topological polar surface area (TPSA) is 21.3 Å². The minimum atomic E-state index is 0.554. The van der Waals surface area contributed by atoms with Gasteiger partial charge in [0.05, 0.1) is 0 Å². The Morgan fingerprint density at radius 3 is 2.57 bits per heavy atom. The van der Waals surface area contributed by atoms with Crippen LogP contribution in [0, 0.1) is 0 Å². The maximum atomic E-state index is 5.48. The highest BCUT2D eigenvalue weighted by molar-refractivity contribution is 5.29. The third-order valence-corrected chi connectivity index (χ3v) is 3.88. The van der Waals surface area contributed by atoms with Gasteiger partial charge in [0.2, 0.25) is 0 Å². The molecule has 0 aromatic heterocycles. The average Bonchev–Trinajstić information content (AvgIpc) is 3.32. The van der Waals surface area contributed by atoms with Gasteiger partial charge in [-0.1, -0.05) is 55.1 Å². The molecule has 2 aromatic carbocycles. The first-order valence-corrected chi connectivity index (χ1v) is 7.48. The molecule has 0 saturated heterocycles. The molecule has 2 unspecified atom stereocenters. The minimum Gasteiger partial charge on any atom is -0.490 e. The molecule has 2 heteroatoms. The second-order valence-electron chi connectivity index (χ2n) is 5.48. The fraction of sp³-hybridized carbons (Fsp3) is 0.263. The van der Waals surface area contributed by atoms with Gasteiger partial charge >= 0.3 is 0 Å². The summed E-state index contributed by atoms with van der Waals surface area (Å²) in [5.41, 5.74) is 2.74. The molecule has 1 aliphatic rings. The predicted molar refractivity (Wildman–Crippen MR) is 86.6 cm³/mol. The van der Waals surface area contributed by atoms with Gasteiger partial charge in [-0.05, 0) is 29.7 Å². The normalized spacial score (nSPS) is 20.0. The van der Waals surface area contributed by atoms with Crippen LogP contribution in [0.2, 0.25) is 0 Å². The maximum absolute atomic E-state index is 5.48. The van der Waals surface area contributed by atoms with Crippen molar-refractivity contribution in [3.05, 3.63) is 78.4 Å². The van der Waals surface area contributed by atoms with E-state index in [1.54, 1.807) is 6.08 Å². The van der Waals surface area contributed by atoms with E-state index in [0.717, 1.165) is 12.3 Å². The molecule has 0 aliphatic heterocycles. The second kappa shape index (κ2) is 6.59. The number of nitrogens with one attached hydrogen (secondary N) is 1. The van der Waals surface area contributed by atoms with Gasteiger partial charge in [0.15, 0.2) is 0 Å². The highest BCUT2D eigenvalue weighted by Gasteiger charge is 2.37. The van der Waals surface area contributed by atoms with Crippen LogP contribution in [-0.2, 0) is 6.54 Å². The van der Waals surface area contributed by atoms with E-state index in [1.807, 2.05) is 12.1 Å². The van der Waals surface area contributed by atoms with Gasteiger partial charge in [-0.15, -0.1) is 0 Å².